The molecule has 0 bridgehead atoms. The van der Waals surface area contributed by atoms with Gasteiger partial charge in [-0.25, -0.2) is 4.98 Å². The summed E-state index contributed by atoms with van der Waals surface area (Å²) in [7, 11) is 1.68. The molecule has 0 atom stereocenters. The van der Waals surface area contributed by atoms with Crippen LogP contribution < -0.4 is 10.3 Å². The number of nitrogens with zero attached hydrogens (tertiary/aromatic N) is 2. The van der Waals surface area contributed by atoms with Crippen LogP contribution in [-0.2, 0) is 7.05 Å². The molecule has 0 saturated carbocycles. The third kappa shape index (κ3) is 2.53. The van der Waals surface area contributed by atoms with Gasteiger partial charge >= 0.3 is 0 Å². The van der Waals surface area contributed by atoms with E-state index in [1.54, 1.807) is 7.05 Å². The third-order valence-electron chi connectivity index (χ3n) is 2.44. The molecule has 0 amide bonds. The molecular formula is C13H14N2O2. The van der Waals surface area contributed by atoms with Gasteiger partial charge < -0.3 is 9.30 Å². The van der Waals surface area contributed by atoms with Gasteiger partial charge in [0.2, 0.25) is 0 Å². The van der Waals surface area contributed by atoms with E-state index in [-0.39, 0.29) is 5.56 Å². The molecule has 2 rings (SSSR count). The van der Waals surface area contributed by atoms with Crippen molar-refractivity contribution in [3.63, 3.8) is 0 Å². The van der Waals surface area contributed by atoms with Crippen molar-refractivity contribution in [1.29, 1.82) is 0 Å². The van der Waals surface area contributed by atoms with Gasteiger partial charge in [-0.1, -0.05) is 0 Å². The highest BCUT2D eigenvalue weighted by molar-refractivity contribution is 5.59. The molecule has 0 spiro atoms. The van der Waals surface area contributed by atoms with E-state index in [4.69, 9.17) is 4.74 Å². The number of hydrogen-bond donors (Lipinski definition) is 0. The SMILES string of the molecule is CCOc1ccc(-c2cc(=O)n(C)cn2)cc1. The van der Waals surface area contributed by atoms with E-state index in [9.17, 15) is 4.79 Å². The predicted octanol–water partition coefficient (Wildman–Crippen LogP) is 1.85. The van der Waals surface area contributed by atoms with Gasteiger partial charge in [-0.15, -0.1) is 0 Å². The van der Waals surface area contributed by atoms with Gasteiger partial charge in [0.25, 0.3) is 5.56 Å². The van der Waals surface area contributed by atoms with Crippen LogP contribution in [0.2, 0.25) is 0 Å². The van der Waals surface area contributed by atoms with Crippen LogP contribution in [0.25, 0.3) is 11.3 Å². The van der Waals surface area contributed by atoms with Crippen molar-refractivity contribution in [2.24, 2.45) is 7.05 Å². The van der Waals surface area contributed by atoms with Crippen molar-refractivity contribution in [3.8, 4) is 17.0 Å². The van der Waals surface area contributed by atoms with E-state index in [0.717, 1.165) is 11.3 Å². The summed E-state index contributed by atoms with van der Waals surface area (Å²) in [5.41, 5.74) is 1.52. The first kappa shape index (κ1) is 11.4. The molecule has 0 aliphatic heterocycles. The molecular weight excluding hydrogens is 216 g/mol. The van der Waals surface area contributed by atoms with Gasteiger partial charge in [0.05, 0.1) is 18.6 Å². The van der Waals surface area contributed by atoms with Crippen LogP contribution in [0.15, 0.2) is 41.5 Å². The lowest BCUT2D eigenvalue weighted by atomic mass is 10.1. The quantitative estimate of drug-likeness (QED) is 0.808. The van der Waals surface area contributed by atoms with E-state index in [1.807, 2.05) is 31.2 Å². The molecule has 0 aliphatic rings. The second-order valence-corrected chi connectivity index (χ2v) is 3.68. The Kier molecular flexibility index (Phi) is 3.23. The summed E-state index contributed by atoms with van der Waals surface area (Å²) >= 11 is 0. The van der Waals surface area contributed by atoms with Crippen LogP contribution >= 0.6 is 0 Å². The minimum absolute atomic E-state index is 0.0658. The van der Waals surface area contributed by atoms with E-state index >= 15 is 0 Å². The van der Waals surface area contributed by atoms with Crippen molar-refractivity contribution in [2.75, 3.05) is 6.61 Å². The number of aromatic nitrogens is 2. The van der Waals surface area contributed by atoms with E-state index < -0.39 is 0 Å². The highest BCUT2D eigenvalue weighted by Crippen LogP contribution is 2.19. The average molecular weight is 230 g/mol. The average Bonchev–Trinajstić information content (AvgIpc) is 2.34. The maximum atomic E-state index is 11.5. The van der Waals surface area contributed by atoms with Gasteiger partial charge in [0.15, 0.2) is 0 Å². The first-order valence-corrected chi connectivity index (χ1v) is 5.46. The largest absolute Gasteiger partial charge is 0.494 e. The zero-order valence-electron chi connectivity index (χ0n) is 9.88. The maximum Gasteiger partial charge on any atom is 0.253 e. The van der Waals surface area contributed by atoms with Crippen LogP contribution in [0.1, 0.15) is 6.92 Å². The second-order valence-electron chi connectivity index (χ2n) is 3.68. The van der Waals surface area contributed by atoms with E-state index in [1.165, 1.54) is 17.0 Å². The van der Waals surface area contributed by atoms with Crippen LogP contribution in [0.3, 0.4) is 0 Å². The number of rotatable bonds is 3. The molecule has 0 fully saturated rings. The summed E-state index contributed by atoms with van der Waals surface area (Å²) in [4.78, 5) is 15.7. The number of benzene rings is 1. The molecule has 1 aromatic heterocycles. The molecule has 0 radical (unpaired) electrons. The predicted molar refractivity (Wildman–Crippen MR) is 66.1 cm³/mol. The fourth-order valence-corrected chi connectivity index (χ4v) is 1.51. The highest BCUT2D eigenvalue weighted by atomic mass is 16.5. The normalized spacial score (nSPS) is 10.2. The first-order valence-electron chi connectivity index (χ1n) is 5.46. The Labute approximate surface area is 99.5 Å². The summed E-state index contributed by atoms with van der Waals surface area (Å²) in [6.45, 7) is 2.58. The van der Waals surface area contributed by atoms with Crippen LogP contribution in [0.5, 0.6) is 5.75 Å². The zero-order chi connectivity index (χ0) is 12.3. The van der Waals surface area contributed by atoms with Crippen LogP contribution in [0.4, 0.5) is 0 Å². The van der Waals surface area contributed by atoms with Crippen molar-refractivity contribution in [2.45, 2.75) is 6.92 Å². The molecule has 88 valence electrons. The van der Waals surface area contributed by atoms with Crippen LogP contribution in [0, 0.1) is 0 Å². The lowest BCUT2D eigenvalue weighted by Gasteiger charge is -2.05. The molecule has 2 aromatic rings. The lowest BCUT2D eigenvalue weighted by Crippen LogP contribution is -2.15. The summed E-state index contributed by atoms with van der Waals surface area (Å²) in [5.74, 6) is 0.820. The molecule has 4 nitrogen and oxygen atoms in total. The fraction of sp³-hybridized carbons (Fsp3) is 0.231. The summed E-state index contributed by atoms with van der Waals surface area (Å²) in [6, 6.07) is 9.06. The topological polar surface area (TPSA) is 44.1 Å². The van der Waals surface area contributed by atoms with Gasteiger partial charge in [-0.3, -0.25) is 4.79 Å². The lowest BCUT2D eigenvalue weighted by molar-refractivity contribution is 0.340. The van der Waals surface area contributed by atoms with E-state index in [2.05, 4.69) is 4.98 Å². The first-order chi connectivity index (χ1) is 8.20. The Morgan fingerprint density at radius 3 is 2.59 bits per heavy atom. The van der Waals surface area contributed by atoms with Crippen molar-refractivity contribution in [3.05, 3.63) is 47.0 Å². The molecule has 0 N–H and O–H groups in total. The van der Waals surface area contributed by atoms with Crippen molar-refractivity contribution < 1.29 is 4.74 Å². The Bertz CT molecular complexity index is 558. The summed E-state index contributed by atoms with van der Waals surface area (Å²) in [6.07, 6.45) is 1.52. The highest BCUT2D eigenvalue weighted by Gasteiger charge is 2.01. The Balaban J connectivity index is 2.33. The monoisotopic (exact) mass is 230 g/mol. The molecule has 4 heteroatoms. The van der Waals surface area contributed by atoms with Gasteiger partial charge in [0.1, 0.15) is 5.75 Å². The Morgan fingerprint density at radius 1 is 1.29 bits per heavy atom. The number of hydrogen-bond acceptors (Lipinski definition) is 3. The molecule has 17 heavy (non-hydrogen) atoms. The standard InChI is InChI=1S/C13H14N2O2/c1-3-17-11-6-4-10(5-7-11)12-8-13(16)15(2)9-14-12/h4-9H,3H2,1-2H3. The second kappa shape index (κ2) is 4.82. The molecule has 0 unspecified atom stereocenters. The van der Waals surface area contributed by atoms with E-state index in [0.29, 0.717) is 12.3 Å². The molecule has 0 aliphatic carbocycles. The third-order valence-corrected chi connectivity index (χ3v) is 2.44. The maximum absolute atomic E-state index is 11.5. The molecule has 1 heterocycles. The van der Waals surface area contributed by atoms with Gasteiger partial charge in [0, 0.05) is 18.7 Å². The Hall–Kier alpha value is -2.10. The van der Waals surface area contributed by atoms with Crippen molar-refractivity contribution >= 4 is 0 Å². The Morgan fingerprint density at radius 2 is 2.00 bits per heavy atom. The molecule has 0 saturated heterocycles. The summed E-state index contributed by atoms with van der Waals surface area (Å²) < 4.78 is 6.80. The van der Waals surface area contributed by atoms with Crippen molar-refractivity contribution in [1.82, 2.24) is 9.55 Å². The number of aryl methyl sites for hydroxylation is 1. The smallest absolute Gasteiger partial charge is 0.253 e. The number of ether oxygens (including phenoxy) is 1. The summed E-state index contributed by atoms with van der Waals surface area (Å²) in [5, 5.41) is 0. The molecule has 1 aromatic carbocycles. The van der Waals surface area contributed by atoms with Gasteiger partial charge in [-0.2, -0.15) is 0 Å². The van der Waals surface area contributed by atoms with Gasteiger partial charge in [-0.05, 0) is 31.2 Å². The minimum Gasteiger partial charge on any atom is -0.494 e. The van der Waals surface area contributed by atoms with Crippen LogP contribution in [-0.4, -0.2) is 16.2 Å². The fourth-order valence-electron chi connectivity index (χ4n) is 1.51. The minimum atomic E-state index is -0.0658. The zero-order valence-corrected chi connectivity index (χ0v) is 9.88.